The van der Waals surface area contributed by atoms with Crippen molar-refractivity contribution in [2.24, 2.45) is 0 Å². The number of benzene rings is 1. The van der Waals surface area contributed by atoms with E-state index < -0.39 is 10.8 Å². The molecule has 0 aromatic heterocycles. The minimum atomic E-state index is -0.562. The zero-order valence-corrected chi connectivity index (χ0v) is 7.71. The quantitative estimate of drug-likeness (QED) is 0.427. The number of carbonyl (C=O) groups excluding carboxylic acids is 1. The first-order chi connectivity index (χ1) is 7.09. The second kappa shape index (κ2) is 3.32. The van der Waals surface area contributed by atoms with E-state index >= 15 is 0 Å². The maximum Gasteiger partial charge on any atom is 0.271 e. The summed E-state index contributed by atoms with van der Waals surface area (Å²) in [5.74, 6) is -0.442. The number of nitro benzene ring substituents is 1. The van der Waals surface area contributed by atoms with E-state index in [0.717, 1.165) is 5.56 Å². The molecular weight excluding hydrogens is 200 g/mol. The van der Waals surface area contributed by atoms with E-state index in [1.165, 1.54) is 12.1 Å². The standard InChI is InChI=1S/C9H8N2O4/c12-9-4-2-6-1-3-7(11(14)15)5-8(6)10(9)13/h1,3,5,13H,2,4H2. The third kappa shape index (κ3) is 1.55. The average molecular weight is 208 g/mol. The van der Waals surface area contributed by atoms with Crippen molar-refractivity contribution < 1.29 is 14.9 Å². The highest BCUT2D eigenvalue weighted by Gasteiger charge is 2.24. The zero-order chi connectivity index (χ0) is 11.0. The van der Waals surface area contributed by atoms with E-state index in [0.29, 0.717) is 11.5 Å². The lowest BCUT2D eigenvalue weighted by molar-refractivity contribution is -0.384. The number of rotatable bonds is 1. The number of aryl methyl sites for hydroxylation is 1. The SMILES string of the molecule is O=C1CCc2ccc([N+](=O)[O-])cc2N1O. The van der Waals surface area contributed by atoms with E-state index in [2.05, 4.69) is 0 Å². The van der Waals surface area contributed by atoms with E-state index in [4.69, 9.17) is 0 Å². The van der Waals surface area contributed by atoms with Crippen LogP contribution in [-0.2, 0) is 11.2 Å². The number of nitro groups is 1. The van der Waals surface area contributed by atoms with Crippen LogP contribution in [0.1, 0.15) is 12.0 Å². The van der Waals surface area contributed by atoms with Crippen LogP contribution in [-0.4, -0.2) is 16.0 Å². The average Bonchev–Trinajstić information content (AvgIpc) is 2.23. The Balaban J connectivity index is 2.50. The Morgan fingerprint density at radius 2 is 2.13 bits per heavy atom. The Morgan fingerprint density at radius 3 is 2.80 bits per heavy atom. The molecule has 0 atom stereocenters. The second-order valence-electron chi connectivity index (χ2n) is 3.28. The maximum absolute atomic E-state index is 11.1. The summed E-state index contributed by atoms with van der Waals surface area (Å²) in [6, 6.07) is 4.12. The molecule has 0 saturated carbocycles. The summed E-state index contributed by atoms with van der Waals surface area (Å²) in [4.78, 5) is 21.1. The Hall–Kier alpha value is -1.95. The molecule has 1 aromatic rings. The van der Waals surface area contributed by atoms with Crippen molar-refractivity contribution in [2.75, 3.05) is 5.06 Å². The molecule has 0 aliphatic carbocycles. The number of hydroxylamine groups is 1. The van der Waals surface area contributed by atoms with Gasteiger partial charge in [-0.1, -0.05) is 6.07 Å². The second-order valence-corrected chi connectivity index (χ2v) is 3.28. The molecule has 78 valence electrons. The van der Waals surface area contributed by atoms with Crippen molar-refractivity contribution in [3.05, 3.63) is 33.9 Å². The van der Waals surface area contributed by atoms with E-state index in [9.17, 15) is 20.1 Å². The first-order valence-corrected chi connectivity index (χ1v) is 4.39. The Bertz CT molecular complexity index is 444. The molecular formula is C9H8N2O4. The van der Waals surface area contributed by atoms with E-state index in [1.807, 2.05) is 0 Å². The first-order valence-electron chi connectivity index (χ1n) is 4.39. The van der Waals surface area contributed by atoms with Crippen LogP contribution < -0.4 is 5.06 Å². The van der Waals surface area contributed by atoms with Crippen molar-refractivity contribution in [1.29, 1.82) is 0 Å². The van der Waals surface area contributed by atoms with Crippen LogP contribution in [0.3, 0.4) is 0 Å². The molecule has 0 spiro atoms. The fourth-order valence-electron chi connectivity index (χ4n) is 1.56. The minimum Gasteiger partial charge on any atom is -0.281 e. The molecule has 0 unspecified atom stereocenters. The highest BCUT2D eigenvalue weighted by atomic mass is 16.6. The lowest BCUT2D eigenvalue weighted by atomic mass is 10.0. The van der Waals surface area contributed by atoms with Crippen LogP contribution in [0.4, 0.5) is 11.4 Å². The molecule has 1 heterocycles. The summed E-state index contributed by atoms with van der Waals surface area (Å²) in [6.45, 7) is 0. The van der Waals surface area contributed by atoms with Crippen LogP contribution in [0, 0.1) is 10.1 Å². The third-order valence-corrected chi connectivity index (χ3v) is 2.35. The van der Waals surface area contributed by atoms with E-state index in [1.54, 1.807) is 6.07 Å². The summed E-state index contributed by atoms with van der Waals surface area (Å²) in [7, 11) is 0. The minimum absolute atomic E-state index is 0.137. The van der Waals surface area contributed by atoms with Gasteiger partial charge in [0.2, 0.25) is 0 Å². The van der Waals surface area contributed by atoms with Gasteiger partial charge in [-0.3, -0.25) is 20.1 Å². The molecule has 6 heteroatoms. The molecule has 0 radical (unpaired) electrons. The maximum atomic E-state index is 11.1. The zero-order valence-electron chi connectivity index (χ0n) is 7.71. The number of amides is 1. The van der Waals surface area contributed by atoms with Gasteiger partial charge >= 0.3 is 0 Å². The van der Waals surface area contributed by atoms with Crippen molar-refractivity contribution in [1.82, 2.24) is 0 Å². The largest absolute Gasteiger partial charge is 0.281 e. The summed E-state index contributed by atoms with van der Waals surface area (Å²) in [5, 5.41) is 20.4. The predicted molar refractivity (Wildman–Crippen MR) is 50.7 cm³/mol. The van der Waals surface area contributed by atoms with Gasteiger partial charge in [0.1, 0.15) is 0 Å². The number of fused-ring (bicyclic) bond motifs is 1. The van der Waals surface area contributed by atoms with Crippen LogP contribution in [0.2, 0.25) is 0 Å². The van der Waals surface area contributed by atoms with Crippen LogP contribution >= 0.6 is 0 Å². The summed E-state index contributed by atoms with van der Waals surface area (Å²) in [6.07, 6.45) is 0.727. The molecule has 0 bridgehead atoms. The van der Waals surface area contributed by atoms with Gasteiger partial charge in [0.15, 0.2) is 0 Å². The topological polar surface area (TPSA) is 83.7 Å². The van der Waals surface area contributed by atoms with Crippen molar-refractivity contribution in [3.63, 3.8) is 0 Å². The van der Waals surface area contributed by atoms with Crippen molar-refractivity contribution in [3.8, 4) is 0 Å². The van der Waals surface area contributed by atoms with Gasteiger partial charge in [-0.05, 0) is 12.0 Å². The highest BCUT2D eigenvalue weighted by molar-refractivity contribution is 5.94. The Kier molecular flexibility index (Phi) is 2.12. The van der Waals surface area contributed by atoms with Crippen molar-refractivity contribution in [2.45, 2.75) is 12.8 Å². The monoisotopic (exact) mass is 208 g/mol. The molecule has 1 aromatic carbocycles. The Morgan fingerprint density at radius 1 is 1.40 bits per heavy atom. The molecule has 2 rings (SSSR count). The Labute approximate surface area is 84.8 Å². The number of nitrogens with zero attached hydrogens (tertiary/aromatic N) is 2. The van der Waals surface area contributed by atoms with Gasteiger partial charge in [0.05, 0.1) is 10.6 Å². The van der Waals surface area contributed by atoms with Crippen LogP contribution in [0.25, 0.3) is 0 Å². The predicted octanol–water partition coefficient (Wildman–Crippen LogP) is 1.26. The summed E-state index contributed by atoms with van der Waals surface area (Å²) >= 11 is 0. The lowest BCUT2D eigenvalue weighted by Gasteiger charge is -2.22. The number of carbonyl (C=O) groups is 1. The lowest BCUT2D eigenvalue weighted by Crippen LogP contribution is -2.31. The van der Waals surface area contributed by atoms with Gasteiger partial charge in [-0.15, -0.1) is 0 Å². The molecule has 0 saturated heterocycles. The van der Waals surface area contributed by atoms with E-state index in [-0.39, 0.29) is 17.8 Å². The molecule has 1 N–H and O–H groups in total. The molecule has 1 amide bonds. The smallest absolute Gasteiger partial charge is 0.271 e. The van der Waals surface area contributed by atoms with Crippen molar-refractivity contribution >= 4 is 17.3 Å². The van der Waals surface area contributed by atoms with Gasteiger partial charge in [-0.2, -0.15) is 5.06 Å². The van der Waals surface area contributed by atoms with Gasteiger partial charge in [-0.25, -0.2) is 0 Å². The summed E-state index contributed by atoms with van der Waals surface area (Å²) < 4.78 is 0. The number of anilines is 1. The number of non-ortho nitro benzene ring substituents is 1. The molecule has 15 heavy (non-hydrogen) atoms. The van der Waals surface area contributed by atoms with Crippen LogP contribution in [0.15, 0.2) is 18.2 Å². The first kappa shape index (κ1) is 9.60. The fourth-order valence-corrected chi connectivity index (χ4v) is 1.56. The summed E-state index contributed by atoms with van der Waals surface area (Å²) in [5.41, 5.74) is 0.811. The molecule has 1 aliphatic heterocycles. The third-order valence-electron chi connectivity index (χ3n) is 2.35. The molecule has 0 fully saturated rings. The molecule has 6 nitrogen and oxygen atoms in total. The van der Waals surface area contributed by atoms with Gasteiger partial charge < -0.3 is 0 Å². The van der Waals surface area contributed by atoms with Gasteiger partial charge in [0.25, 0.3) is 11.6 Å². The number of hydrogen-bond donors (Lipinski definition) is 1. The normalized spacial score (nSPS) is 15.0. The molecule has 1 aliphatic rings. The highest BCUT2D eigenvalue weighted by Crippen LogP contribution is 2.29. The van der Waals surface area contributed by atoms with Gasteiger partial charge in [0, 0.05) is 18.6 Å². The fraction of sp³-hybridized carbons (Fsp3) is 0.222. The number of hydrogen-bond acceptors (Lipinski definition) is 4. The van der Waals surface area contributed by atoms with Crippen LogP contribution in [0.5, 0.6) is 0 Å².